The van der Waals surface area contributed by atoms with Gasteiger partial charge in [-0.05, 0) is 64.9 Å². The summed E-state index contributed by atoms with van der Waals surface area (Å²) >= 11 is 0. The quantitative estimate of drug-likeness (QED) is 0.925. The second-order valence-electron chi connectivity index (χ2n) is 6.78. The van der Waals surface area contributed by atoms with Gasteiger partial charge in [-0.15, -0.1) is 0 Å². The summed E-state index contributed by atoms with van der Waals surface area (Å²) in [6.07, 6.45) is 4.73. The molecule has 0 bridgehead atoms. The first-order valence-corrected chi connectivity index (χ1v) is 8.18. The van der Waals surface area contributed by atoms with Crippen LogP contribution in [0.15, 0.2) is 18.2 Å². The first-order valence-electron chi connectivity index (χ1n) is 8.18. The number of anilines is 1. The molecular formula is C17H27N3O. The highest BCUT2D eigenvalue weighted by Crippen LogP contribution is 2.28. The molecule has 4 heteroatoms. The molecule has 0 saturated carbocycles. The highest BCUT2D eigenvalue weighted by molar-refractivity contribution is 5.36. The second kappa shape index (κ2) is 6.32. The smallest absolute Gasteiger partial charge is 0.126 e. The van der Waals surface area contributed by atoms with Crippen molar-refractivity contribution in [2.75, 3.05) is 38.6 Å². The molecule has 116 valence electrons. The molecular weight excluding hydrogens is 262 g/mol. The maximum absolute atomic E-state index is 5.82. The average Bonchev–Trinajstić information content (AvgIpc) is 2.94. The zero-order valence-electron chi connectivity index (χ0n) is 13.3. The Bertz CT molecular complexity index is 463. The molecule has 0 unspecified atom stereocenters. The van der Waals surface area contributed by atoms with E-state index in [0.29, 0.717) is 5.92 Å². The average molecular weight is 289 g/mol. The highest BCUT2D eigenvalue weighted by Gasteiger charge is 2.29. The first kappa shape index (κ1) is 14.8. The molecule has 0 aliphatic carbocycles. The van der Waals surface area contributed by atoms with E-state index in [2.05, 4.69) is 42.4 Å². The molecule has 0 spiro atoms. The standard InChI is InChI=1S/C17H27N3O/c1-17(9-4-12-21-17)13-18-16-6-3-5-15(19-16)14-7-10-20(2)11-8-14/h3,5-6,14H,4,7-13H2,1-2H3,(H,18,19)/t17-/m1/s1. The minimum absolute atomic E-state index is 0.0226. The van der Waals surface area contributed by atoms with Crippen LogP contribution in [-0.2, 0) is 4.74 Å². The van der Waals surface area contributed by atoms with E-state index in [9.17, 15) is 0 Å². The fourth-order valence-corrected chi connectivity index (χ4v) is 3.34. The van der Waals surface area contributed by atoms with Gasteiger partial charge in [0.25, 0.3) is 0 Å². The van der Waals surface area contributed by atoms with Crippen molar-refractivity contribution in [2.45, 2.75) is 44.1 Å². The summed E-state index contributed by atoms with van der Waals surface area (Å²) < 4.78 is 5.82. The number of hydrogen-bond donors (Lipinski definition) is 1. The summed E-state index contributed by atoms with van der Waals surface area (Å²) in [5, 5.41) is 3.47. The van der Waals surface area contributed by atoms with Gasteiger partial charge in [0.2, 0.25) is 0 Å². The van der Waals surface area contributed by atoms with Crippen molar-refractivity contribution >= 4 is 5.82 Å². The Morgan fingerprint density at radius 3 is 2.90 bits per heavy atom. The molecule has 2 fully saturated rings. The summed E-state index contributed by atoms with van der Waals surface area (Å²) in [6.45, 7) is 6.28. The Labute approximate surface area is 127 Å². The van der Waals surface area contributed by atoms with Crippen molar-refractivity contribution in [1.82, 2.24) is 9.88 Å². The molecule has 1 aromatic rings. The van der Waals surface area contributed by atoms with E-state index >= 15 is 0 Å². The van der Waals surface area contributed by atoms with Gasteiger partial charge in [0.15, 0.2) is 0 Å². The van der Waals surface area contributed by atoms with Gasteiger partial charge in [-0.25, -0.2) is 4.98 Å². The number of rotatable bonds is 4. The normalized spacial score (nSPS) is 27.9. The monoisotopic (exact) mass is 289 g/mol. The third kappa shape index (κ3) is 3.74. The molecule has 2 saturated heterocycles. The van der Waals surface area contributed by atoms with Crippen molar-refractivity contribution in [1.29, 1.82) is 0 Å². The summed E-state index contributed by atoms with van der Waals surface area (Å²) in [5.74, 6) is 1.60. The van der Waals surface area contributed by atoms with Gasteiger partial charge >= 0.3 is 0 Å². The van der Waals surface area contributed by atoms with Crippen LogP contribution in [0, 0.1) is 0 Å². The highest BCUT2D eigenvalue weighted by atomic mass is 16.5. The number of aromatic nitrogens is 1. The van der Waals surface area contributed by atoms with Crippen molar-refractivity contribution in [3.63, 3.8) is 0 Å². The lowest BCUT2D eigenvalue weighted by Gasteiger charge is -2.29. The lowest BCUT2D eigenvalue weighted by Crippen LogP contribution is -2.33. The molecule has 3 heterocycles. The largest absolute Gasteiger partial charge is 0.373 e. The van der Waals surface area contributed by atoms with Gasteiger partial charge < -0.3 is 15.0 Å². The predicted molar refractivity (Wildman–Crippen MR) is 85.8 cm³/mol. The number of nitrogens with zero attached hydrogens (tertiary/aromatic N) is 2. The third-order valence-electron chi connectivity index (χ3n) is 4.85. The van der Waals surface area contributed by atoms with Gasteiger partial charge in [0, 0.05) is 24.8 Å². The van der Waals surface area contributed by atoms with E-state index in [4.69, 9.17) is 9.72 Å². The van der Waals surface area contributed by atoms with Crippen molar-refractivity contribution in [2.24, 2.45) is 0 Å². The van der Waals surface area contributed by atoms with E-state index in [1.807, 2.05) is 0 Å². The van der Waals surface area contributed by atoms with Crippen LogP contribution in [0.3, 0.4) is 0 Å². The van der Waals surface area contributed by atoms with Crippen LogP contribution < -0.4 is 5.32 Å². The number of pyridine rings is 1. The SMILES string of the molecule is CN1CCC(c2cccc(NC[C@@]3(C)CCCO3)n2)CC1. The summed E-state index contributed by atoms with van der Waals surface area (Å²) in [7, 11) is 2.20. The van der Waals surface area contributed by atoms with Crippen molar-refractivity contribution in [3.8, 4) is 0 Å². The third-order valence-corrected chi connectivity index (χ3v) is 4.85. The molecule has 0 aromatic carbocycles. The predicted octanol–water partition coefficient (Wildman–Crippen LogP) is 2.87. The first-order chi connectivity index (χ1) is 10.1. The summed E-state index contributed by atoms with van der Waals surface area (Å²) in [5.41, 5.74) is 1.22. The molecule has 1 atom stereocenters. The Morgan fingerprint density at radius 1 is 1.38 bits per heavy atom. The van der Waals surface area contributed by atoms with Gasteiger partial charge in [0.05, 0.1) is 5.60 Å². The van der Waals surface area contributed by atoms with E-state index in [1.54, 1.807) is 0 Å². The molecule has 4 nitrogen and oxygen atoms in total. The molecule has 3 rings (SSSR count). The Balaban J connectivity index is 1.60. The lowest BCUT2D eigenvalue weighted by atomic mass is 9.93. The van der Waals surface area contributed by atoms with E-state index in [-0.39, 0.29) is 5.60 Å². The maximum Gasteiger partial charge on any atom is 0.126 e. The fraction of sp³-hybridized carbons (Fsp3) is 0.706. The Morgan fingerprint density at radius 2 is 2.19 bits per heavy atom. The molecule has 2 aliphatic heterocycles. The number of hydrogen-bond acceptors (Lipinski definition) is 4. The topological polar surface area (TPSA) is 37.4 Å². The van der Waals surface area contributed by atoms with Crippen molar-refractivity contribution < 1.29 is 4.74 Å². The maximum atomic E-state index is 5.82. The van der Waals surface area contributed by atoms with Gasteiger partial charge in [-0.2, -0.15) is 0 Å². The Kier molecular flexibility index (Phi) is 4.45. The van der Waals surface area contributed by atoms with E-state index < -0.39 is 0 Å². The van der Waals surface area contributed by atoms with Gasteiger partial charge in [-0.3, -0.25) is 0 Å². The van der Waals surface area contributed by atoms with E-state index in [1.165, 1.54) is 38.0 Å². The van der Waals surface area contributed by atoms with Gasteiger partial charge in [-0.1, -0.05) is 6.07 Å². The van der Waals surface area contributed by atoms with Crippen LogP contribution in [0.25, 0.3) is 0 Å². The zero-order valence-corrected chi connectivity index (χ0v) is 13.3. The molecule has 2 aliphatic rings. The van der Waals surface area contributed by atoms with Crippen LogP contribution in [-0.4, -0.2) is 48.8 Å². The zero-order chi connectivity index (χ0) is 14.7. The van der Waals surface area contributed by atoms with E-state index in [0.717, 1.165) is 25.4 Å². The molecule has 0 radical (unpaired) electrons. The van der Waals surface area contributed by atoms with Crippen LogP contribution in [0.1, 0.15) is 44.2 Å². The molecule has 1 N–H and O–H groups in total. The molecule has 0 amide bonds. The fourth-order valence-electron chi connectivity index (χ4n) is 3.34. The lowest BCUT2D eigenvalue weighted by molar-refractivity contribution is 0.0314. The number of nitrogens with one attached hydrogen (secondary N) is 1. The van der Waals surface area contributed by atoms with Crippen LogP contribution in [0.5, 0.6) is 0 Å². The van der Waals surface area contributed by atoms with Crippen LogP contribution >= 0.6 is 0 Å². The minimum atomic E-state index is -0.0226. The second-order valence-corrected chi connectivity index (χ2v) is 6.78. The number of ether oxygens (including phenoxy) is 1. The number of likely N-dealkylation sites (tertiary alicyclic amines) is 1. The van der Waals surface area contributed by atoms with Crippen LogP contribution in [0.2, 0.25) is 0 Å². The van der Waals surface area contributed by atoms with Gasteiger partial charge in [0.1, 0.15) is 5.82 Å². The minimum Gasteiger partial charge on any atom is -0.373 e. The Hall–Kier alpha value is -1.13. The molecule has 21 heavy (non-hydrogen) atoms. The van der Waals surface area contributed by atoms with Crippen LogP contribution in [0.4, 0.5) is 5.82 Å². The van der Waals surface area contributed by atoms with Crippen molar-refractivity contribution in [3.05, 3.63) is 23.9 Å². The summed E-state index contributed by atoms with van der Waals surface area (Å²) in [6, 6.07) is 6.37. The number of piperidine rings is 1. The summed E-state index contributed by atoms with van der Waals surface area (Å²) in [4.78, 5) is 7.23. The molecule has 1 aromatic heterocycles.